The summed E-state index contributed by atoms with van der Waals surface area (Å²) >= 11 is 3.19. The minimum Gasteiger partial charge on any atom is -0.481 e. The SMILES string of the molecule is COc1ccc(NC(=O)c2cc(C(F)(F)F)cnc2Nc2ccc(F)cc2CCCNC(=O)OC(C)(C)C)c(Br)n1. The maximum absolute atomic E-state index is 14.1. The molecule has 0 radical (unpaired) electrons. The molecule has 0 aliphatic carbocycles. The van der Waals surface area contributed by atoms with Crippen LogP contribution in [0.15, 0.2) is 47.2 Å². The molecule has 0 spiro atoms. The van der Waals surface area contributed by atoms with Gasteiger partial charge in [-0.15, -0.1) is 0 Å². The predicted molar refractivity (Wildman–Crippen MR) is 148 cm³/mol. The summed E-state index contributed by atoms with van der Waals surface area (Å²) in [6.07, 6.45) is -4.09. The highest BCUT2D eigenvalue weighted by atomic mass is 79.9. The van der Waals surface area contributed by atoms with Gasteiger partial charge in [-0.05, 0) is 85.4 Å². The maximum atomic E-state index is 14.1. The van der Waals surface area contributed by atoms with Gasteiger partial charge >= 0.3 is 12.3 Å². The third-order valence-electron chi connectivity index (χ3n) is 5.35. The zero-order valence-electron chi connectivity index (χ0n) is 22.6. The first-order valence-corrected chi connectivity index (χ1v) is 13.1. The van der Waals surface area contributed by atoms with E-state index in [1.54, 1.807) is 20.8 Å². The molecule has 41 heavy (non-hydrogen) atoms. The lowest BCUT2D eigenvalue weighted by atomic mass is 10.1. The van der Waals surface area contributed by atoms with E-state index >= 15 is 0 Å². The molecule has 0 bridgehead atoms. The van der Waals surface area contributed by atoms with E-state index in [2.05, 4.69) is 41.8 Å². The number of rotatable bonds is 9. The van der Waals surface area contributed by atoms with Gasteiger partial charge in [-0.1, -0.05) is 0 Å². The fourth-order valence-corrected chi connectivity index (χ4v) is 3.91. The van der Waals surface area contributed by atoms with E-state index in [4.69, 9.17) is 9.47 Å². The van der Waals surface area contributed by atoms with Crippen LogP contribution in [0.4, 0.5) is 39.5 Å². The number of hydrogen-bond donors (Lipinski definition) is 3. The molecule has 2 amide bonds. The summed E-state index contributed by atoms with van der Waals surface area (Å²) in [6.45, 7) is 5.41. The number of anilines is 3. The first kappa shape index (κ1) is 31.6. The lowest BCUT2D eigenvalue weighted by Gasteiger charge is -2.19. The Morgan fingerprint density at radius 1 is 1.05 bits per heavy atom. The van der Waals surface area contributed by atoms with Crippen molar-refractivity contribution in [2.75, 3.05) is 24.3 Å². The fraction of sp³-hybridized carbons (Fsp3) is 0.333. The molecule has 0 atom stereocenters. The van der Waals surface area contributed by atoms with Gasteiger partial charge < -0.3 is 25.4 Å². The van der Waals surface area contributed by atoms with Gasteiger partial charge in [0.2, 0.25) is 5.88 Å². The lowest BCUT2D eigenvalue weighted by Crippen LogP contribution is -2.33. The Balaban J connectivity index is 1.85. The number of benzene rings is 1. The van der Waals surface area contributed by atoms with Crippen LogP contribution in [0, 0.1) is 5.82 Å². The molecule has 9 nitrogen and oxygen atoms in total. The van der Waals surface area contributed by atoms with Gasteiger partial charge in [0, 0.05) is 24.5 Å². The average molecular weight is 642 g/mol. The van der Waals surface area contributed by atoms with E-state index in [1.807, 2.05) is 0 Å². The highest BCUT2D eigenvalue weighted by Gasteiger charge is 2.33. The van der Waals surface area contributed by atoms with Crippen LogP contribution >= 0.6 is 15.9 Å². The van der Waals surface area contributed by atoms with Crippen LogP contribution in [0.2, 0.25) is 0 Å². The van der Waals surface area contributed by atoms with Crippen molar-refractivity contribution in [3.63, 3.8) is 0 Å². The zero-order chi connectivity index (χ0) is 30.4. The van der Waals surface area contributed by atoms with Gasteiger partial charge in [0.05, 0.1) is 23.9 Å². The first-order valence-electron chi connectivity index (χ1n) is 12.3. The summed E-state index contributed by atoms with van der Waals surface area (Å²) in [4.78, 5) is 33.0. The summed E-state index contributed by atoms with van der Waals surface area (Å²) < 4.78 is 64.9. The number of halogens is 5. The van der Waals surface area contributed by atoms with Crippen molar-refractivity contribution in [2.24, 2.45) is 0 Å². The Morgan fingerprint density at radius 3 is 2.39 bits per heavy atom. The van der Waals surface area contributed by atoms with Crippen molar-refractivity contribution < 1.29 is 36.6 Å². The molecule has 3 rings (SSSR count). The number of hydrogen-bond acceptors (Lipinski definition) is 7. The highest BCUT2D eigenvalue weighted by Crippen LogP contribution is 2.33. The molecule has 0 aliphatic heterocycles. The quantitative estimate of drug-likeness (QED) is 0.133. The number of alkyl carbamates (subject to hydrolysis) is 1. The fourth-order valence-electron chi connectivity index (χ4n) is 3.51. The standard InChI is InChI=1S/C27H28BrF4N5O4/c1-26(2,3)41-25(39)33-11-5-6-15-12-17(29)7-8-19(15)35-23-18(13-16(14-34-23)27(30,31)32)24(38)36-20-9-10-21(40-4)37-22(20)28/h7-10,12-14H,5-6,11H2,1-4H3,(H,33,39)(H,34,35)(H,36,38). The molecule has 14 heteroatoms. The van der Waals surface area contributed by atoms with Crippen molar-refractivity contribution in [1.82, 2.24) is 15.3 Å². The number of carbonyl (C=O) groups excluding carboxylic acids is 2. The van der Waals surface area contributed by atoms with Crippen molar-refractivity contribution >= 4 is 45.1 Å². The number of methoxy groups -OCH3 is 1. The van der Waals surface area contributed by atoms with E-state index < -0.39 is 40.7 Å². The van der Waals surface area contributed by atoms with Gasteiger partial charge in [0.1, 0.15) is 21.8 Å². The maximum Gasteiger partial charge on any atom is 0.417 e. The number of aryl methyl sites for hydroxylation is 1. The van der Waals surface area contributed by atoms with Crippen LogP contribution in [-0.2, 0) is 17.3 Å². The summed E-state index contributed by atoms with van der Waals surface area (Å²) in [7, 11) is 1.40. The molecular weight excluding hydrogens is 614 g/mol. The molecule has 0 unspecified atom stereocenters. The molecule has 220 valence electrons. The number of aromatic nitrogens is 2. The molecule has 2 heterocycles. The minimum atomic E-state index is -4.76. The summed E-state index contributed by atoms with van der Waals surface area (Å²) in [5, 5.41) is 7.98. The Bertz CT molecular complexity index is 1410. The molecule has 2 aromatic heterocycles. The summed E-state index contributed by atoms with van der Waals surface area (Å²) in [5.74, 6) is -1.37. The normalized spacial score (nSPS) is 11.5. The van der Waals surface area contributed by atoms with Gasteiger partial charge in [-0.2, -0.15) is 13.2 Å². The third kappa shape index (κ3) is 9.30. The number of ether oxygens (including phenoxy) is 2. The molecule has 0 fully saturated rings. The van der Waals surface area contributed by atoms with Crippen molar-refractivity contribution in [3.8, 4) is 5.88 Å². The Hall–Kier alpha value is -3.94. The average Bonchev–Trinajstić information content (AvgIpc) is 2.87. The minimum absolute atomic E-state index is 0.180. The van der Waals surface area contributed by atoms with Crippen LogP contribution in [0.3, 0.4) is 0 Å². The molecule has 1 aromatic carbocycles. The second-order valence-corrected chi connectivity index (χ2v) is 10.5. The van der Waals surface area contributed by atoms with Crippen molar-refractivity contribution in [3.05, 3.63) is 69.7 Å². The smallest absolute Gasteiger partial charge is 0.417 e. The molecule has 3 aromatic rings. The number of pyridine rings is 2. The van der Waals surface area contributed by atoms with Gasteiger partial charge in [0.15, 0.2) is 0 Å². The lowest BCUT2D eigenvalue weighted by molar-refractivity contribution is -0.137. The van der Waals surface area contributed by atoms with E-state index in [0.29, 0.717) is 29.9 Å². The van der Waals surface area contributed by atoms with E-state index in [1.165, 1.54) is 31.4 Å². The topological polar surface area (TPSA) is 114 Å². The Labute approximate surface area is 242 Å². The van der Waals surface area contributed by atoms with Crippen molar-refractivity contribution in [1.29, 1.82) is 0 Å². The monoisotopic (exact) mass is 641 g/mol. The largest absolute Gasteiger partial charge is 0.481 e. The Morgan fingerprint density at radius 2 is 1.76 bits per heavy atom. The van der Waals surface area contributed by atoms with Gasteiger partial charge in [-0.25, -0.2) is 19.2 Å². The van der Waals surface area contributed by atoms with E-state index in [9.17, 15) is 27.2 Å². The summed E-state index contributed by atoms with van der Waals surface area (Å²) in [5.41, 5.74) is -1.26. The molecular formula is C27H28BrF4N5O4. The number of nitrogens with one attached hydrogen (secondary N) is 3. The second kappa shape index (κ2) is 13.1. The van der Waals surface area contributed by atoms with Gasteiger partial charge in [0.25, 0.3) is 5.91 Å². The van der Waals surface area contributed by atoms with Crippen molar-refractivity contribution in [2.45, 2.75) is 45.4 Å². The predicted octanol–water partition coefficient (Wildman–Crippen LogP) is 6.86. The number of nitrogens with zero attached hydrogens (tertiary/aromatic N) is 2. The van der Waals surface area contributed by atoms with Crippen LogP contribution in [0.25, 0.3) is 0 Å². The highest BCUT2D eigenvalue weighted by molar-refractivity contribution is 9.10. The molecule has 0 saturated heterocycles. The van der Waals surface area contributed by atoms with Crippen LogP contribution < -0.4 is 20.7 Å². The molecule has 0 saturated carbocycles. The third-order valence-corrected chi connectivity index (χ3v) is 5.96. The van der Waals surface area contributed by atoms with Gasteiger partial charge in [-0.3, -0.25) is 4.79 Å². The van der Waals surface area contributed by atoms with Crippen LogP contribution in [0.1, 0.15) is 48.7 Å². The molecule has 0 aliphatic rings. The first-order chi connectivity index (χ1) is 19.2. The zero-order valence-corrected chi connectivity index (χ0v) is 24.2. The molecule has 3 N–H and O–H groups in total. The number of alkyl halides is 3. The van der Waals surface area contributed by atoms with E-state index in [-0.39, 0.29) is 35.0 Å². The summed E-state index contributed by atoms with van der Waals surface area (Å²) in [6, 6.07) is 7.40. The Kier molecular flexibility index (Phi) is 10.1. The number of carbonyl (C=O) groups is 2. The second-order valence-electron chi connectivity index (χ2n) is 9.72. The van der Waals surface area contributed by atoms with Crippen LogP contribution in [0.5, 0.6) is 5.88 Å². The number of amides is 2. The van der Waals surface area contributed by atoms with E-state index in [0.717, 1.165) is 6.07 Å². The van der Waals surface area contributed by atoms with Crippen LogP contribution in [-0.4, -0.2) is 41.2 Å².